The van der Waals surface area contributed by atoms with E-state index < -0.39 is 18.1 Å². The Bertz CT molecular complexity index is 1020. The third-order valence-corrected chi connectivity index (χ3v) is 12.4. The van der Waals surface area contributed by atoms with Crippen molar-refractivity contribution in [2.24, 2.45) is 0 Å². The lowest BCUT2D eigenvalue weighted by atomic mass is 10.0. The number of unbranched alkanes of at least 4 members (excludes halogenated alkanes) is 33. The van der Waals surface area contributed by atoms with E-state index in [1.54, 1.807) is 0 Å². The molecule has 0 saturated heterocycles. The molecule has 0 aliphatic rings. The fourth-order valence-electron chi connectivity index (χ4n) is 8.27. The second kappa shape index (κ2) is 45.6. The van der Waals surface area contributed by atoms with E-state index in [1.807, 2.05) is 21.1 Å². The van der Waals surface area contributed by atoms with E-state index in [-0.39, 0.29) is 36.2 Å². The second-order valence-corrected chi connectivity index (χ2v) is 19.5. The Kier molecular flexibility index (Phi) is 44.2. The average molecular weight is 879 g/mol. The fraction of sp³-hybridized carbons (Fsp3) is 0.907. The topological polar surface area (TPSA) is 99.1 Å². The summed E-state index contributed by atoms with van der Waals surface area (Å²) in [4.78, 5) is 37.2. The lowest BCUT2D eigenvalue weighted by Gasteiger charge is -2.31. The Balaban J connectivity index is 4.18. The van der Waals surface area contributed by atoms with Gasteiger partial charge in [-0.25, -0.2) is 4.79 Å². The number of nitrogens with zero attached hydrogens (tertiary/aromatic N) is 1. The number of likely N-dealkylation sites (N-methyl/N-ethyl adjacent to an activating group) is 1. The molecule has 0 aromatic heterocycles. The quantitative estimate of drug-likeness (QED) is 0.0281. The number of quaternary nitrogens is 1. The lowest BCUT2D eigenvalue weighted by Crippen LogP contribution is -2.50. The van der Waals surface area contributed by atoms with E-state index in [0.717, 1.165) is 38.5 Å². The summed E-state index contributed by atoms with van der Waals surface area (Å²) in [6.07, 6.45) is 51.2. The minimum Gasteiger partial charge on any atom is -0.477 e. The van der Waals surface area contributed by atoms with Crippen molar-refractivity contribution >= 4 is 17.9 Å². The summed E-state index contributed by atoms with van der Waals surface area (Å²) >= 11 is 0. The van der Waals surface area contributed by atoms with Crippen LogP contribution in [-0.4, -0.2) is 80.6 Å². The van der Waals surface area contributed by atoms with Crippen LogP contribution in [0.15, 0.2) is 12.2 Å². The van der Waals surface area contributed by atoms with Gasteiger partial charge in [-0.1, -0.05) is 219 Å². The zero-order chi connectivity index (χ0) is 45.6. The first-order chi connectivity index (χ1) is 30.1. The number of carboxylic acids is 1. The maximum atomic E-state index is 12.8. The van der Waals surface area contributed by atoms with Crippen LogP contribution < -0.4 is 0 Å². The number of carbonyl (C=O) groups excluding carboxylic acids is 2. The van der Waals surface area contributed by atoms with Crippen LogP contribution in [0.2, 0.25) is 0 Å². The fourth-order valence-corrected chi connectivity index (χ4v) is 8.27. The smallest absolute Gasteiger partial charge is 0.362 e. The Labute approximate surface area is 384 Å². The van der Waals surface area contributed by atoms with Crippen LogP contribution in [0, 0.1) is 0 Å². The molecule has 0 heterocycles. The summed E-state index contributed by atoms with van der Waals surface area (Å²) in [5, 5.41) is 9.66. The first kappa shape index (κ1) is 60.1. The van der Waals surface area contributed by atoms with Crippen LogP contribution >= 0.6 is 0 Å². The molecule has 366 valence electrons. The molecule has 0 aromatic rings. The number of esters is 2. The van der Waals surface area contributed by atoms with Gasteiger partial charge < -0.3 is 23.8 Å². The molecule has 8 nitrogen and oxygen atoms in total. The van der Waals surface area contributed by atoms with Crippen LogP contribution in [0.1, 0.15) is 264 Å². The SMILES string of the molecule is CCCCCCCCC/C=C\CCCCCCCCCC(=O)OC(COCCC(C(=O)O)[N+](C)(C)C)COC(=O)CCCCCCCCCCCCCCCCCCCCCC. The van der Waals surface area contributed by atoms with Gasteiger partial charge in [0.1, 0.15) is 6.61 Å². The van der Waals surface area contributed by atoms with Gasteiger partial charge in [-0.05, 0) is 38.5 Å². The number of carboxylic acid groups (broad SMARTS) is 1. The lowest BCUT2D eigenvalue weighted by molar-refractivity contribution is -0.887. The van der Waals surface area contributed by atoms with Crippen LogP contribution in [0.3, 0.4) is 0 Å². The maximum Gasteiger partial charge on any atom is 0.362 e. The molecule has 8 heteroatoms. The van der Waals surface area contributed by atoms with Crippen LogP contribution in [0.5, 0.6) is 0 Å². The number of rotatable bonds is 49. The van der Waals surface area contributed by atoms with E-state index in [2.05, 4.69) is 26.0 Å². The van der Waals surface area contributed by atoms with Gasteiger partial charge in [-0.3, -0.25) is 9.59 Å². The Morgan fingerprint density at radius 2 is 0.806 bits per heavy atom. The zero-order valence-corrected chi connectivity index (χ0v) is 41.9. The molecule has 0 aromatic carbocycles. The zero-order valence-electron chi connectivity index (χ0n) is 41.9. The summed E-state index contributed by atoms with van der Waals surface area (Å²) in [6.45, 7) is 4.78. The number of hydrogen-bond acceptors (Lipinski definition) is 6. The van der Waals surface area contributed by atoms with E-state index in [4.69, 9.17) is 14.2 Å². The molecule has 0 rings (SSSR count). The van der Waals surface area contributed by atoms with Gasteiger partial charge in [0.2, 0.25) is 0 Å². The van der Waals surface area contributed by atoms with E-state index in [1.165, 1.54) is 193 Å². The summed E-state index contributed by atoms with van der Waals surface area (Å²) in [7, 11) is 5.55. The minimum absolute atomic E-state index is 0.0459. The highest BCUT2D eigenvalue weighted by atomic mass is 16.6. The first-order valence-electron chi connectivity index (χ1n) is 26.7. The molecule has 0 bridgehead atoms. The number of hydrogen-bond donors (Lipinski definition) is 1. The molecule has 0 aliphatic carbocycles. The van der Waals surface area contributed by atoms with Crippen LogP contribution in [0.25, 0.3) is 0 Å². The second-order valence-electron chi connectivity index (χ2n) is 19.5. The predicted octanol–water partition coefficient (Wildman–Crippen LogP) is 15.4. The standard InChI is InChI=1S/C54H103NO7/c1-6-8-10-12-14-16-18-20-22-24-26-27-29-30-32-34-36-38-40-42-44-52(56)61-49-50(48-60-47-46-51(54(58)59)55(3,4)5)62-53(57)45-43-41-39-37-35-33-31-28-25-23-21-19-17-15-13-11-9-7-2/h23,25,50-51H,6-22,24,26-49H2,1-5H3/p+1/b25-23-. The van der Waals surface area contributed by atoms with Gasteiger partial charge >= 0.3 is 17.9 Å². The van der Waals surface area contributed by atoms with Crippen molar-refractivity contribution in [1.82, 2.24) is 0 Å². The first-order valence-corrected chi connectivity index (χ1v) is 26.7. The van der Waals surface area contributed by atoms with Crippen molar-refractivity contribution in [1.29, 1.82) is 0 Å². The third-order valence-electron chi connectivity index (χ3n) is 12.4. The van der Waals surface area contributed by atoms with Crippen molar-refractivity contribution in [3.05, 3.63) is 12.2 Å². The highest BCUT2D eigenvalue weighted by molar-refractivity contribution is 5.72. The van der Waals surface area contributed by atoms with Gasteiger partial charge in [0.25, 0.3) is 0 Å². The van der Waals surface area contributed by atoms with Gasteiger partial charge in [0.15, 0.2) is 12.1 Å². The van der Waals surface area contributed by atoms with Crippen molar-refractivity contribution in [3.63, 3.8) is 0 Å². The third kappa shape index (κ3) is 43.3. The molecule has 62 heavy (non-hydrogen) atoms. The van der Waals surface area contributed by atoms with E-state index in [9.17, 15) is 19.5 Å². The Morgan fingerprint density at radius 1 is 0.468 bits per heavy atom. The molecule has 0 saturated carbocycles. The van der Waals surface area contributed by atoms with Crippen molar-refractivity contribution in [3.8, 4) is 0 Å². The molecular formula is C54H104NO7+. The molecule has 2 atom stereocenters. The summed E-state index contributed by atoms with van der Waals surface area (Å²) in [5.74, 6) is -1.45. The van der Waals surface area contributed by atoms with Crippen LogP contribution in [-0.2, 0) is 28.6 Å². The molecule has 0 aliphatic heterocycles. The van der Waals surface area contributed by atoms with Crippen molar-refractivity contribution < 1.29 is 38.2 Å². The van der Waals surface area contributed by atoms with Crippen LogP contribution in [0.4, 0.5) is 0 Å². The predicted molar refractivity (Wildman–Crippen MR) is 262 cm³/mol. The highest BCUT2D eigenvalue weighted by Crippen LogP contribution is 2.17. The van der Waals surface area contributed by atoms with Crippen molar-refractivity contribution in [2.75, 3.05) is 41.0 Å². The van der Waals surface area contributed by atoms with E-state index >= 15 is 0 Å². The van der Waals surface area contributed by atoms with Gasteiger partial charge in [-0.15, -0.1) is 0 Å². The molecule has 0 fully saturated rings. The Morgan fingerprint density at radius 3 is 1.16 bits per heavy atom. The molecule has 2 unspecified atom stereocenters. The summed E-state index contributed by atoms with van der Waals surface area (Å²) in [6, 6.07) is -0.612. The molecule has 1 N–H and O–H groups in total. The maximum absolute atomic E-state index is 12.8. The molecular weight excluding hydrogens is 775 g/mol. The number of ether oxygens (including phenoxy) is 3. The summed E-state index contributed by atoms with van der Waals surface area (Å²) in [5.41, 5.74) is 0. The molecule has 0 spiro atoms. The highest BCUT2D eigenvalue weighted by Gasteiger charge is 2.31. The number of aliphatic carboxylic acids is 1. The van der Waals surface area contributed by atoms with E-state index in [0.29, 0.717) is 19.3 Å². The molecule has 0 radical (unpaired) electrons. The average Bonchev–Trinajstić information content (AvgIpc) is 3.23. The van der Waals surface area contributed by atoms with Gasteiger partial charge in [0, 0.05) is 19.3 Å². The largest absolute Gasteiger partial charge is 0.477 e. The van der Waals surface area contributed by atoms with Gasteiger partial charge in [-0.2, -0.15) is 0 Å². The monoisotopic (exact) mass is 879 g/mol. The Hall–Kier alpha value is -1.93. The normalized spacial score (nSPS) is 12.9. The summed E-state index contributed by atoms with van der Waals surface area (Å²) < 4.78 is 17.4. The van der Waals surface area contributed by atoms with Gasteiger partial charge in [0.05, 0.1) is 34.4 Å². The molecule has 0 amide bonds. The number of allylic oxidation sites excluding steroid dienone is 2. The number of carbonyl (C=O) groups is 3. The van der Waals surface area contributed by atoms with Crippen molar-refractivity contribution in [2.45, 2.75) is 276 Å². The minimum atomic E-state index is -0.871.